The van der Waals surface area contributed by atoms with Gasteiger partial charge in [0.05, 0.1) is 18.2 Å². The molecule has 0 amide bonds. The summed E-state index contributed by atoms with van der Waals surface area (Å²) in [5, 5.41) is 7.06. The predicted molar refractivity (Wildman–Crippen MR) is 109 cm³/mol. The van der Waals surface area contributed by atoms with Crippen LogP contribution in [0.15, 0.2) is 4.99 Å². The van der Waals surface area contributed by atoms with Crippen LogP contribution in [0.1, 0.15) is 26.2 Å². The van der Waals surface area contributed by atoms with Crippen molar-refractivity contribution < 1.29 is 4.74 Å². The Bertz CT molecular complexity index is 414. The van der Waals surface area contributed by atoms with E-state index in [4.69, 9.17) is 4.74 Å². The average Bonchev–Trinajstić information content (AvgIpc) is 3.16. The van der Waals surface area contributed by atoms with Gasteiger partial charge in [-0.15, -0.1) is 24.0 Å². The van der Waals surface area contributed by atoms with E-state index in [9.17, 15) is 0 Å². The number of aliphatic imine (C=N–C) groups is 1. The maximum Gasteiger partial charge on any atom is 0.191 e. The first-order chi connectivity index (χ1) is 11.1. The van der Waals surface area contributed by atoms with Crippen LogP contribution in [0.25, 0.3) is 0 Å². The summed E-state index contributed by atoms with van der Waals surface area (Å²) in [7, 11) is 4.06. The number of likely N-dealkylation sites (N-methyl/N-ethyl adjacent to an activating group) is 1. The van der Waals surface area contributed by atoms with Crippen LogP contribution in [0, 0.1) is 5.92 Å². The molecule has 0 aromatic carbocycles. The van der Waals surface area contributed by atoms with Crippen LogP contribution in [0.3, 0.4) is 0 Å². The maximum absolute atomic E-state index is 5.91. The van der Waals surface area contributed by atoms with Gasteiger partial charge in [0.15, 0.2) is 5.96 Å². The molecule has 0 radical (unpaired) electrons. The summed E-state index contributed by atoms with van der Waals surface area (Å²) < 4.78 is 5.91. The van der Waals surface area contributed by atoms with Crippen molar-refractivity contribution in [2.45, 2.75) is 44.4 Å². The lowest BCUT2D eigenvalue weighted by Crippen LogP contribution is -2.50. The minimum Gasteiger partial charge on any atom is -0.373 e. The molecular weight excluding hydrogens is 417 g/mol. The van der Waals surface area contributed by atoms with Crippen LogP contribution < -0.4 is 10.6 Å². The van der Waals surface area contributed by atoms with E-state index in [-0.39, 0.29) is 24.0 Å². The number of hydrogen-bond donors (Lipinski definition) is 2. The molecule has 0 aromatic rings. The van der Waals surface area contributed by atoms with Crippen molar-refractivity contribution in [1.29, 1.82) is 0 Å². The Morgan fingerprint density at radius 3 is 2.58 bits per heavy atom. The molecule has 6 nitrogen and oxygen atoms in total. The zero-order valence-corrected chi connectivity index (χ0v) is 17.7. The average molecular weight is 451 g/mol. The molecule has 3 fully saturated rings. The van der Waals surface area contributed by atoms with Gasteiger partial charge in [-0.2, -0.15) is 0 Å². The van der Waals surface area contributed by atoms with Crippen molar-refractivity contribution in [3.63, 3.8) is 0 Å². The van der Waals surface area contributed by atoms with Gasteiger partial charge in [-0.25, -0.2) is 0 Å². The van der Waals surface area contributed by atoms with Crippen molar-refractivity contribution in [3.8, 4) is 0 Å². The van der Waals surface area contributed by atoms with E-state index in [1.807, 2.05) is 7.05 Å². The minimum absolute atomic E-state index is 0. The molecule has 0 spiro atoms. The van der Waals surface area contributed by atoms with E-state index >= 15 is 0 Å². The van der Waals surface area contributed by atoms with Crippen LogP contribution in [0.4, 0.5) is 0 Å². The van der Waals surface area contributed by atoms with Crippen molar-refractivity contribution in [3.05, 3.63) is 0 Å². The molecular formula is C17H34IN5O. The lowest BCUT2D eigenvalue weighted by atomic mass is 9.96. The number of hydrogen-bond acceptors (Lipinski definition) is 4. The predicted octanol–water partition coefficient (Wildman–Crippen LogP) is 0.973. The van der Waals surface area contributed by atoms with E-state index in [1.54, 1.807) is 0 Å². The molecule has 3 rings (SSSR count). The first-order valence-electron chi connectivity index (χ1n) is 9.17. The Morgan fingerprint density at radius 2 is 2.00 bits per heavy atom. The molecule has 0 aliphatic carbocycles. The summed E-state index contributed by atoms with van der Waals surface area (Å²) in [5.74, 6) is 1.55. The van der Waals surface area contributed by atoms with Crippen molar-refractivity contribution in [2.75, 3.05) is 53.4 Å². The van der Waals surface area contributed by atoms with Gasteiger partial charge < -0.3 is 25.2 Å². The Hall–Kier alpha value is -0.120. The SMILES string of the molecule is CN=C(NCC(C)CN1CCN(C)CC1)NC1CC2CCC1O2.I. The van der Waals surface area contributed by atoms with Crippen molar-refractivity contribution in [1.82, 2.24) is 20.4 Å². The largest absolute Gasteiger partial charge is 0.373 e. The molecule has 2 bridgehead atoms. The number of rotatable bonds is 5. The smallest absolute Gasteiger partial charge is 0.191 e. The molecule has 0 saturated carbocycles. The van der Waals surface area contributed by atoms with Crippen molar-refractivity contribution >= 4 is 29.9 Å². The van der Waals surface area contributed by atoms with Crippen LogP contribution in [-0.4, -0.2) is 87.4 Å². The van der Waals surface area contributed by atoms with Gasteiger partial charge in [-0.05, 0) is 32.2 Å². The summed E-state index contributed by atoms with van der Waals surface area (Å²) in [6, 6.07) is 0.438. The van der Waals surface area contributed by atoms with Gasteiger partial charge in [-0.3, -0.25) is 4.99 Å². The highest BCUT2D eigenvalue weighted by Gasteiger charge is 2.41. The summed E-state index contributed by atoms with van der Waals surface area (Å²) in [6.07, 6.45) is 4.42. The summed E-state index contributed by atoms with van der Waals surface area (Å²) in [4.78, 5) is 9.36. The third-order valence-electron chi connectivity index (χ3n) is 5.44. The molecule has 3 saturated heterocycles. The van der Waals surface area contributed by atoms with Crippen molar-refractivity contribution in [2.24, 2.45) is 10.9 Å². The van der Waals surface area contributed by atoms with E-state index in [0.29, 0.717) is 24.2 Å². The fraction of sp³-hybridized carbons (Fsp3) is 0.941. The van der Waals surface area contributed by atoms with E-state index in [0.717, 1.165) is 25.5 Å². The van der Waals surface area contributed by atoms with Gasteiger partial charge in [-0.1, -0.05) is 6.92 Å². The molecule has 2 N–H and O–H groups in total. The van der Waals surface area contributed by atoms with Crippen LogP contribution in [-0.2, 0) is 4.74 Å². The molecule has 0 aromatic heterocycles. The highest BCUT2D eigenvalue weighted by molar-refractivity contribution is 14.0. The second-order valence-electron chi connectivity index (χ2n) is 7.52. The minimum atomic E-state index is 0. The quantitative estimate of drug-likeness (QED) is 0.371. The van der Waals surface area contributed by atoms with E-state index in [2.05, 4.69) is 39.4 Å². The normalized spacial score (nSPS) is 32.5. The molecule has 7 heteroatoms. The number of piperazine rings is 1. The Morgan fingerprint density at radius 1 is 1.25 bits per heavy atom. The third kappa shape index (κ3) is 5.44. The van der Waals surface area contributed by atoms with E-state index in [1.165, 1.54) is 39.0 Å². The number of ether oxygens (including phenoxy) is 1. The fourth-order valence-corrected chi connectivity index (χ4v) is 3.97. The van der Waals surface area contributed by atoms with Crippen LogP contribution >= 0.6 is 24.0 Å². The first kappa shape index (κ1) is 20.2. The number of nitrogens with zero attached hydrogens (tertiary/aromatic N) is 3. The highest BCUT2D eigenvalue weighted by atomic mass is 127. The lowest BCUT2D eigenvalue weighted by Gasteiger charge is -2.34. The van der Waals surface area contributed by atoms with Gasteiger partial charge in [0.25, 0.3) is 0 Å². The van der Waals surface area contributed by atoms with Gasteiger partial charge >= 0.3 is 0 Å². The Balaban J connectivity index is 0.00000208. The number of fused-ring (bicyclic) bond motifs is 2. The van der Waals surface area contributed by atoms with Gasteiger partial charge in [0, 0.05) is 46.3 Å². The summed E-state index contributed by atoms with van der Waals surface area (Å²) >= 11 is 0. The molecule has 140 valence electrons. The maximum atomic E-state index is 5.91. The van der Waals surface area contributed by atoms with Gasteiger partial charge in [0.1, 0.15) is 0 Å². The third-order valence-corrected chi connectivity index (χ3v) is 5.44. The standard InChI is InChI=1S/C17H33N5O.HI/c1-13(12-22-8-6-21(3)7-9-22)11-19-17(18-2)20-15-10-14-4-5-16(15)23-14;/h13-16H,4-12H2,1-3H3,(H2,18,19,20);1H. The molecule has 3 aliphatic rings. The molecule has 3 aliphatic heterocycles. The summed E-state index contributed by atoms with van der Waals surface area (Å²) in [6.45, 7) is 9.20. The Labute approximate surface area is 163 Å². The molecule has 4 atom stereocenters. The van der Waals surface area contributed by atoms with Crippen LogP contribution in [0.5, 0.6) is 0 Å². The topological polar surface area (TPSA) is 52.1 Å². The first-order valence-corrected chi connectivity index (χ1v) is 9.17. The molecule has 4 unspecified atom stereocenters. The molecule has 24 heavy (non-hydrogen) atoms. The fourth-order valence-electron chi connectivity index (χ4n) is 3.97. The highest BCUT2D eigenvalue weighted by Crippen LogP contribution is 2.34. The zero-order valence-electron chi connectivity index (χ0n) is 15.3. The number of halogens is 1. The zero-order chi connectivity index (χ0) is 16.2. The lowest BCUT2D eigenvalue weighted by molar-refractivity contribution is 0.0992. The van der Waals surface area contributed by atoms with E-state index < -0.39 is 0 Å². The second-order valence-corrected chi connectivity index (χ2v) is 7.52. The number of guanidine groups is 1. The second kappa shape index (κ2) is 9.54. The van der Waals surface area contributed by atoms with Crippen LogP contribution in [0.2, 0.25) is 0 Å². The molecule has 3 heterocycles. The monoisotopic (exact) mass is 451 g/mol. The van der Waals surface area contributed by atoms with Gasteiger partial charge in [0.2, 0.25) is 0 Å². The summed E-state index contributed by atoms with van der Waals surface area (Å²) in [5.41, 5.74) is 0. The Kier molecular flexibility index (Phi) is 8.03. The number of nitrogens with one attached hydrogen (secondary N) is 2.